The van der Waals surface area contributed by atoms with E-state index in [1.54, 1.807) is 12.1 Å². The van der Waals surface area contributed by atoms with E-state index in [0.717, 1.165) is 29.0 Å². The van der Waals surface area contributed by atoms with Crippen molar-refractivity contribution in [3.63, 3.8) is 0 Å². The lowest BCUT2D eigenvalue weighted by atomic mass is 10.1. The van der Waals surface area contributed by atoms with Gasteiger partial charge in [0.1, 0.15) is 11.6 Å². The first-order valence-corrected chi connectivity index (χ1v) is 12.7. The molecule has 5 rings (SSSR count). The van der Waals surface area contributed by atoms with Crippen LogP contribution >= 0.6 is 11.3 Å². The molecular weight excluding hydrogens is 482 g/mol. The number of thiophene rings is 1. The van der Waals surface area contributed by atoms with Gasteiger partial charge in [0, 0.05) is 40.7 Å². The molecule has 1 aliphatic carbocycles. The van der Waals surface area contributed by atoms with Gasteiger partial charge < -0.3 is 16.0 Å². The van der Waals surface area contributed by atoms with Crippen LogP contribution in [-0.2, 0) is 17.8 Å². The van der Waals surface area contributed by atoms with E-state index in [4.69, 9.17) is 0 Å². The fourth-order valence-electron chi connectivity index (χ4n) is 3.87. The molecule has 4 N–H and O–H groups in total. The molecule has 1 aliphatic rings. The maximum Gasteiger partial charge on any atom is 0.225 e. The summed E-state index contributed by atoms with van der Waals surface area (Å²) in [4.78, 5) is 17.9. The number of nitrogens with one attached hydrogen (secondary N) is 4. The van der Waals surface area contributed by atoms with Crippen LogP contribution in [0.1, 0.15) is 53.4 Å². The normalized spacial score (nSPS) is 13.9. The zero-order valence-electron chi connectivity index (χ0n) is 19.6. The third-order valence-electron chi connectivity index (χ3n) is 6.03. The molecule has 10 heteroatoms. The SMILES string of the molecule is C[C@H](Nc1nc(Nc2cc(C3CC3)[nH]n2)c(F)cc1CNC(=O)Cc1cccs1)c1ccc(F)cc1. The second kappa shape index (κ2) is 10.4. The molecule has 1 aromatic carbocycles. The molecule has 186 valence electrons. The number of benzene rings is 1. The average molecular weight is 509 g/mol. The number of anilines is 3. The van der Waals surface area contributed by atoms with E-state index in [1.165, 1.54) is 29.5 Å². The molecule has 1 fully saturated rings. The molecule has 0 aliphatic heterocycles. The van der Waals surface area contributed by atoms with Gasteiger partial charge in [-0.2, -0.15) is 5.10 Å². The van der Waals surface area contributed by atoms with Crippen molar-refractivity contribution >= 4 is 34.7 Å². The van der Waals surface area contributed by atoms with Gasteiger partial charge in [-0.3, -0.25) is 9.89 Å². The second-order valence-corrected chi connectivity index (χ2v) is 9.92. The molecule has 3 aromatic heterocycles. The topological polar surface area (TPSA) is 94.7 Å². The van der Waals surface area contributed by atoms with E-state index in [-0.39, 0.29) is 36.5 Å². The molecule has 0 unspecified atom stereocenters. The van der Waals surface area contributed by atoms with E-state index in [0.29, 0.717) is 23.1 Å². The summed E-state index contributed by atoms with van der Waals surface area (Å²) in [6.45, 7) is 2.00. The molecule has 36 heavy (non-hydrogen) atoms. The van der Waals surface area contributed by atoms with Crippen LogP contribution in [0.5, 0.6) is 0 Å². The van der Waals surface area contributed by atoms with Gasteiger partial charge in [-0.1, -0.05) is 18.2 Å². The largest absolute Gasteiger partial charge is 0.363 e. The number of rotatable bonds is 10. The number of nitrogens with zero attached hydrogens (tertiary/aromatic N) is 2. The number of carbonyl (C=O) groups is 1. The van der Waals surface area contributed by atoms with Crippen molar-refractivity contribution in [3.05, 3.63) is 87.2 Å². The standard InChI is InChI=1S/C26H26F2N6OS/c1-15(16-6-8-19(27)9-7-16)30-25-18(14-29-24(35)12-20-3-2-10-36-20)11-21(28)26(32-25)31-23-13-22(33-34-23)17-4-5-17/h2-3,6-11,13,15,17H,4-5,12,14H2,1H3,(H,29,35)(H3,30,31,32,33,34)/t15-/m0/s1. The number of amides is 1. The zero-order valence-corrected chi connectivity index (χ0v) is 20.5. The van der Waals surface area contributed by atoms with Crippen LogP contribution in [0.3, 0.4) is 0 Å². The highest BCUT2D eigenvalue weighted by Crippen LogP contribution is 2.39. The van der Waals surface area contributed by atoms with Crippen molar-refractivity contribution in [2.45, 2.75) is 44.7 Å². The fourth-order valence-corrected chi connectivity index (χ4v) is 4.57. The number of hydrogen-bond donors (Lipinski definition) is 4. The number of H-pyrrole nitrogens is 1. The van der Waals surface area contributed by atoms with E-state index < -0.39 is 5.82 Å². The highest BCUT2D eigenvalue weighted by atomic mass is 32.1. The summed E-state index contributed by atoms with van der Waals surface area (Å²) in [7, 11) is 0. The molecule has 0 saturated heterocycles. The van der Waals surface area contributed by atoms with Crippen molar-refractivity contribution in [3.8, 4) is 0 Å². The Bertz CT molecular complexity index is 1340. The molecular formula is C26H26F2N6OS. The van der Waals surface area contributed by atoms with Crippen LogP contribution in [0.25, 0.3) is 0 Å². The molecule has 0 bridgehead atoms. The molecule has 4 aromatic rings. The summed E-state index contributed by atoms with van der Waals surface area (Å²) in [6, 6.07) is 12.9. The van der Waals surface area contributed by atoms with Gasteiger partial charge in [-0.15, -0.1) is 11.3 Å². The lowest BCUT2D eigenvalue weighted by Gasteiger charge is -2.19. The molecule has 0 spiro atoms. The third-order valence-corrected chi connectivity index (χ3v) is 6.91. The Kier molecular flexibility index (Phi) is 6.95. The van der Waals surface area contributed by atoms with Crippen molar-refractivity contribution in [1.82, 2.24) is 20.5 Å². The van der Waals surface area contributed by atoms with Crippen molar-refractivity contribution < 1.29 is 13.6 Å². The Labute approximate surface area is 211 Å². The minimum Gasteiger partial charge on any atom is -0.363 e. The van der Waals surface area contributed by atoms with Gasteiger partial charge in [0.2, 0.25) is 5.91 Å². The summed E-state index contributed by atoms with van der Waals surface area (Å²) in [5, 5.41) is 18.2. The maximum absolute atomic E-state index is 15.1. The number of aromatic nitrogens is 3. The van der Waals surface area contributed by atoms with Gasteiger partial charge in [0.15, 0.2) is 17.5 Å². The van der Waals surface area contributed by atoms with Crippen LogP contribution < -0.4 is 16.0 Å². The predicted molar refractivity (Wildman–Crippen MR) is 136 cm³/mol. The molecule has 3 heterocycles. The quantitative estimate of drug-likeness (QED) is 0.217. The molecule has 1 saturated carbocycles. The summed E-state index contributed by atoms with van der Waals surface area (Å²) >= 11 is 1.51. The summed E-state index contributed by atoms with van der Waals surface area (Å²) in [5.41, 5.74) is 2.35. The van der Waals surface area contributed by atoms with Crippen LogP contribution in [0, 0.1) is 11.6 Å². The van der Waals surface area contributed by atoms with Gasteiger partial charge >= 0.3 is 0 Å². The number of halogens is 2. The van der Waals surface area contributed by atoms with Crippen LogP contribution in [0.15, 0.2) is 53.9 Å². The van der Waals surface area contributed by atoms with Gasteiger partial charge in [0.25, 0.3) is 0 Å². The monoisotopic (exact) mass is 508 g/mol. The Morgan fingerprint density at radius 1 is 1.17 bits per heavy atom. The lowest BCUT2D eigenvalue weighted by molar-refractivity contribution is -0.120. The predicted octanol–water partition coefficient (Wildman–Crippen LogP) is 5.80. The van der Waals surface area contributed by atoms with E-state index >= 15 is 4.39 Å². The molecule has 7 nitrogen and oxygen atoms in total. The summed E-state index contributed by atoms with van der Waals surface area (Å²) in [6.07, 6.45) is 2.50. The van der Waals surface area contributed by atoms with Crippen LogP contribution in [0.4, 0.5) is 26.2 Å². The van der Waals surface area contributed by atoms with Gasteiger partial charge in [0.05, 0.1) is 6.42 Å². The first-order valence-electron chi connectivity index (χ1n) is 11.8. The van der Waals surface area contributed by atoms with E-state index in [1.807, 2.05) is 30.5 Å². The van der Waals surface area contributed by atoms with Crippen LogP contribution in [-0.4, -0.2) is 21.1 Å². The number of aromatic amines is 1. The number of carbonyl (C=O) groups excluding carboxylic acids is 1. The highest BCUT2D eigenvalue weighted by Gasteiger charge is 2.26. The summed E-state index contributed by atoms with van der Waals surface area (Å²) in [5.74, 6) is 0.347. The summed E-state index contributed by atoms with van der Waals surface area (Å²) < 4.78 is 28.5. The molecule has 0 radical (unpaired) electrons. The van der Waals surface area contributed by atoms with E-state index in [9.17, 15) is 9.18 Å². The first kappa shape index (κ1) is 23.9. The molecule has 1 amide bonds. The Hall–Kier alpha value is -3.79. The minimum atomic E-state index is -0.562. The number of hydrogen-bond acceptors (Lipinski definition) is 6. The van der Waals surface area contributed by atoms with Gasteiger partial charge in [-0.05, 0) is 55.0 Å². The molecule has 1 atom stereocenters. The van der Waals surface area contributed by atoms with Crippen molar-refractivity contribution in [1.29, 1.82) is 0 Å². The Morgan fingerprint density at radius 3 is 2.69 bits per heavy atom. The average Bonchev–Trinajstić information content (AvgIpc) is 3.38. The van der Waals surface area contributed by atoms with Gasteiger partial charge in [-0.25, -0.2) is 13.8 Å². The fraction of sp³-hybridized carbons (Fsp3) is 0.269. The minimum absolute atomic E-state index is 0.0197. The third kappa shape index (κ3) is 5.88. The zero-order chi connectivity index (χ0) is 25.1. The van der Waals surface area contributed by atoms with Crippen molar-refractivity contribution in [2.24, 2.45) is 0 Å². The highest BCUT2D eigenvalue weighted by molar-refractivity contribution is 7.10. The van der Waals surface area contributed by atoms with Crippen molar-refractivity contribution in [2.75, 3.05) is 10.6 Å². The Morgan fingerprint density at radius 2 is 1.97 bits per heavy atom. The smallest absolute Gasteiger partial charge is 0.225 e. The Balaban J connectivity index is 1.36. The maximum atomic E-state index is 15.1. The first-order chi connectivity index (χ1) is 17.4. The second-order valence-electron chi connectivity index (χ2n) is 8.88. The number of pyridine rings is 1. The lowest BCUT2D eigenvalue weighted by Crippen LogP contribution is -2.25. The van der Waals surface area contributed by atoms with Crippen LogP contribution in [0.2, 0.25) is 0 Å². The van der Waals surface area contributed by atoms with E-state index in [2.05, 4.69) is 31.1 Å².